The van der Waals surface area contributed by atoms with Crippen LogP contribution in [0, 0.1) is 6.92 Å². The van der Waals surface area contributed by atoms with Crippen molar-refractivity contribution in [2.75, 3.05) is 0 Å². The van der Waals surface area contributed by atoms with E-state index in [2.05, 4.69) is 9.97 Å². The first-order valence-corrected chi connectivity index (χ1v) is 5.66. The molecule has 0 saturated carbocycles. The molecule has 2 N–H and O–H groups in total. The minimum atomic E-state index is -0.524. The molecular formula is C10H8ClN3OS. The molecule has 0 saturated heterocycles. The molecule has 0 radical (unpaired) electrons. The summed E-state index contributed by atoms with van der Waals surface area (Å²) in [6.07, 6.45) is 3.20. The van der Waals surface area contributed by atoms with Gasteiger partial charge in [-0.05, 0) is 13.0 Å². The molecule has 1 amide bonds. The smallest absolute Gasteiger partial charge is 0.277 e. The fourth-order valence-corrected chi connectivity index (χ4v) is 2.54. The number of hydrogen-bond acceptors (Lipinski definition) is 4. The Hall–Kier alpha value is -1.46. The highest BCUT2D eigenvalue weighted by atomic mass is 35.5. The SMILES string of the molecule is Cc1nc(C(N)=O)sc1-c1ccncc1Cl. The monoisotopic (exact) mass is 253 g/mol. The number of aryl methyl sites for hydroxylation is 1. The van der Waals surface area contributed by atoms with Gasteiger partial charge < -0.3 is 5.73 Å². The maximum absolute atomic E-state index is 11.0. The molecule has 2 rings (SSSR count). The van der Waals surface area contributed by atoms with Gasteiger partial charge in [-0.25, -0.2) is 4.98 Å². The Morgan fingerprint density at radius 2 is 2.31 bits per heavy atom. The predicted octanol–water partition coefficient (Wildman–Crippen LogP) is 2.27. The lowest BCUT2D eigenvalue weighted by Crippen LogP contribution is -2.10. The van der Waals surface area contributed by atoms with Crippen LogP contribution in [0.25, 0.3) is 10.4 Å². The van der Waals surface area contributed by atoms with E-state index in [-0.39, 0.29) is 0 Å². The number of amides is 1. The molecule has 0 aliphatic heterocycles. The number of aromatic nitrogens is 2. The molecular weight excluding hydrogens is 246 g/mol. The van der Waals surface area contributed by atoms with E-state index < -0.39 is 5.91 Å². The Kier molecular flexibility index (Phi) is 2.89. The van der Waals surface area contributed by atoms with Crippen molar-refractivity contribution in [1.82, 2.24) is 9.97 Å². The van der Waals surface area contributed by atoms with E-state index in [1.165, 1.54) is 11.3 Å². The zero-order valence-corrected chi connectivity index (χ0v) is 9.97. The molecule has 6 heteroatoms. The molecule has 0 aliphatic rings. The minimum absolute atomic E-state index is 0.292. The number of carbonyl (C=O) groups excluding carboxylic acids is 1. The third-order valence-electron chi connectivity index (χ3n) is 2.02. The van der Waals surface area contributed by atoms with Crippen molar-refractivity contribution in [2.24, 2.45) is 5.73 Å². The van der Waals surface area contributed by atoms with Crippen molar-refractivity contribution < 1.29 is 4.79 Å². The van der Waals surface area contributed by atoms with Crippen molar-refractivity contribution in [2.45, 2.75) is 6.92 Å². The van der Waals surface area contributed by atoms with Crippen LogP contribution >= 0.6 is 22.9 Å². The van der Waals surface area contributed by atoms with Gasteiger partial charge in [-0.1, -0.05) is 11.6 Å². The largest absolute Gasteiger partial charge is 0.364 e. The molecule has 82 valence electrons. The van der Waals surface area contributed by atoms with Crippen LogP contribution in [-0.4, -0.2) is 15.9 Å². The Labute approximate surface area is 101 Å². The molecule has 2 heterocycles. The molecule has 16 heavy (non-hydrogen) atoms. The maximum Gasteiger partial charge on any atom is 0.277 e. The summed E-state index contributed by atoms with van der Waals surface area (Å²) in [6.45, 7) is 1.81. The molecule has 2 aromatic heterocycles. The normalized spacial score (nSPS) is 10.4. The van der Waals surface area contributed by atoms with E-state index in [0.717, 1.165) is 16.1 Å². The van der Waals surface area contributed by atoms with Gasteiger partial charge in [0.05, 0.1) is 15.6 Å². The second-order valence-corrected chi connectivity index (χ2v) is 4.56. The third kappa shape index (κ3) is 1.91. The summed E-state index contributed by atoms with van der Waals surface area (Å²) in [4.78, 5) is 19.9. The van der Waals surface area contributed by atoms with E-state index >= 15 is 0 Å². The number of primary amides is 1. The Morgan fingerprint density at radius 3 is 2.88 bits per heavy atom. The van der Waals surface area contributed by atoms with E-state index in [1.54, 1.807) is 18.5 Å². The number of halogens is 1. The van der Waals surface area contributed by atoms with E-state index in [1.807, 2.05) is 6.92 Å². The first-order chi connectivity index (χ1) is 7.59. The second-order valence-electron chi connectivity index (χ2n) is 3.15. The molecule has 4 nitrogen and oxygen atoms in total. The quantitative estimate of drug-likeness (QED) is 0.893. The standard InChI is InChI=1S/C10H8ClN3OS/c1-5-8(16-10(14-5)9(12)15)6-2-3-13-4-7(6)11/h2-4H,1H3,(H2,12,15). The van der Waals surface area contributed by atoms with Gasteiger partial charge in [0.2, 0.25) is 0 Å². The zero-order chi connectivity index (χ0) is 11.7. The van der Waals surface area contributed by atoms with E-state index in [9.17, 15) is 4.79 Å². The van der Waals surface area contributed by atoms with Gasteiger partial charge in [0, 0.05) is 18.0 Å². The molecule has 0 fully saturated rings. The summed E-state index contributed by atoms with van der Waals surface area (Å²) < 4.78 is 0. The number of nitrogens with zero attached hydrogens (tertiary/aromatic N) is 2. The molecule has 0 aromatic carbocycles. The Balaban J connectivity index is 2.57. The van der Waals surface area contributed by atoms with E-state index in [4.69, 9.17) is 17.3 Å². The Morgan fingerprint density at radius 1 is 1.56 bits per heavy atom. The summed E-state index contributed by atoms with van der Waals surface area (Å²) in [5.74, 6) is -0.524. The number of nitrogens with two attached hydrogens (primary N) is 1. The van der Waals surface area contributed by atoms with Crippen LogP contribution in [0.1, 0.15) is 15.5 Å². The molecule has 2 aromatic rings. The van der Waals surface area contributed by atoms with Gasteiger partial charge in [0.1, 0.15) is 0 Å². The van der Waals surface area contributed by atoms with Crippen LogP contribution in [0.3, 0.4) is 0 Å². The summed E-state index contributed by atoms with van der Waals surface area (Å²) in [6, 6.07) is 1.79. The van der Waals surface area contributed by atoms with Crippen LogP contribution in [0.15, 0.2) is 18.5 Å². The molecule has 0 spiro atoms. The fraction of sp³-hybridized carbons (Fsp3) is 0.100. The van der Waals surface area contributed by atoms with Crippen LogP contribution in [0.4, 0.5) is 0 Å². The molecule has 0 atom stereocenters. The van der Waals surface area contributed by atoms with Crippen molar-refractivity contribution >= 4 is 28.8 Å². The maximum atomic E-state index is 11.0. The van der Waals surface area contributed by atoms with Crippen LogP contribution < -0.4 is 5.73 Å². The fourth-order valence-electron chi connectivity index (χ4n) is 1.31. The zero-order valence-electron chi connectivity index (χ0n) is 8.40. The summed E-state index contributed by atoms with van der Waals surface area (Å²) in [7, 11) is 0. The first kappa shape index (κ1) is 11.0. The summed E-state index contributed by atoms with van der Waals surface area (Å²) in [5.41, 5.74) is 6.74. The van der Waals surface area contributed by atoms with Crippen LogP contribution in [-0.2, 0) is 0 Å². The highest BCUT2D eigenvalue weighted by Crippen LogP contribution is 2.33. The van der Waals surface area contributed by atoms with Crippen LogP contribution in [0.2, 0.25) is 5.02 Å². The highest BCUT2D eigenvalue weighted by molar-refractivity contribution is 7.17. The number of thiazole rings is 1. The Bertz CT molecular complexity index is 553. The highest BCUT2D eigenvalue weighted by Gasteiger charge is 2.14. The lowest BCUT2D eigenvalue weighted by molar-refractivity contribution is 0.1000. The predicted molar refractivity (Wildman–Crippen MR) is 63.6 cm³/mol. The molecule has 0 unspecified atom stereocenters. The lowest BCUT2D eigenvalue weighted by atomic mass is 10.2. The van der Waals surface area contributed by atoms with Crippen molar-refractivity contribution in [3.63, 3.8) is 0 Å². The van der Waals surface area contributed by atoms with Gasteiger partial charge in [-0.3, -0.25) is 9.78 Å². The molecule has 0 bridgehead atoms. The van der Waals surface area contributed by atoms with Gasteiger partial charge in [0.25, 0.3) is 5.91 Å². The number of carbonyl (C=O) groups is 1. The van der Waals surface area contributed by atoms with Crippen molar-refractivity contribution in [3.8, 4) is 10.4 Å². The summed E-state index contributed by atoms with van der Waals surface area (Å²) >= 11 is 7.26. The van der Waals surface area contributed by atoms with E-state index in [0.29, 0.717) is 10.0 Å². The average molecular weight is 254 g/mol. The molecule has 0 aliphatic carbocycles. The summed E-state index contributed by atoms with van der Waals surface area (Å²) in [5, 5.41) is 0.825. The van der Waals surface area contributed by atoms with Gasteiger partial charge in [0.15, 0.2) is 5.01 Å². The topological polar surface area (TPSA) is 68.9 Å². The first-order valence-electron chi connectivity index (χ1n) is 4.46. The van der Waals surface area contributed by atoms with Gasteiger partial charge >= 0.3 is 0 Å². The van der Waals surface area contributed by atoms with Gasteiger partial charge in [-0.15, -0.1) is 11.3 Å². The van der Waals surface area contributed by atoms with Crippen LogP contribution in [0.5, 0.6) is 0 Å². The van der Waals surface area contributed by atoms with Crippen molar-refractivity contribution in [1.29, 1.82) is 0 Å². The number of rotatable bonds is 2. The second kappa shape index (κ2) is 4.19. The third-order valence-corrected chi connectivity index (χ3v) is 3.53. The lowest BCUT2D eigenvalue weighted by Gasteiger charge is -1.99. The van der Waals surface area contributed by atoms with Gasteiger partial charge in [-0.2, -0.15) is 0 Å². The number of hydrogen-bond donors (Lipinski definition) is 1. The average Bonchev–Trinajstić information content (AvgIpc) is 2.61. The van der Waals surface area contributed by atoms with Crippen molar-refractivity contribution in [3.05, 3.63) is 34.2 Å². The minimum Gasteiger partial charge on any atom is -0.364 e. The number of pyridine rings is 1.